The summed E-state index contributed by atoms with van der Waals surface area (Å²) in [7, 11) is 0. The van der Waals surface area contributed by atoms with Crippen LogP contribution in [-0.4, -0.2) is 10.2 Å². The molecule has 0 aliphatic carbocycles. The van der Waals surface area contributed by atoms with Crippen LogP contribution < -0.4 is 0 Å². The fourth-order valence-corrected chi connectivity index (χ4v) is 1.50. The first-order chi connectivity index (χ1) is 5.41. The first-order valence-electron chi connectivity index (χ1n) is 3.00. The molecular formula is C7H5Cl3O2. The number of rotatable bonds is 1. The van der Waals surface area contributed by atoms with E-state index in [0.29, 0.717) is 5.02 Å². The lowest BCUT2D eigenvalue weighted by molar-refractivity contribution is -0.0901. The lowest BCUT2D eigenvalue weighted by atomic mass is 10.2. The Morgan fingerprint density at radius 2 is 1.75 bits per heavy atom. The SMILES string of the molecule is OC(O)(Cl)c1ccc(Cl)cc1Cl. The van der Waals surface area contributed by atoms with Gasteiger partial charge in [-0.1, -0.05) is 34.8 Å². The number of alkyl halides is 1. The molecule has 2 N–H and O–H groups in total. The molecule has 0 saturated carbocycles. The molecule has 1 rings (SSSR count). The molecule has 0 saturated heterocycles. The molecule has 0 radical (unpaired) electrons. The van der Waals surface area contributed by atoms with Crippen molar-refractivity contribution in [2.75, 3.05) is 0 Å². The van der Waals surface area contributed by atoms with Crippen molar-refractivity contribution in [3.8, 4) is 0 Å². The second-order valence-electron chi connectivity index (χ2n) is 2.21. The molecule has 0 amide bonds. The molecule has 0 heterocycles. The lowest BCUT2D eigenvalue weighted by Gasteiger charge is -2.14. The van der Waals surface area contributed by atoms with Crippen LogP contribution in [0.4, 0.5) is 0 Å². The third-order valence-corrected chi connectivity index (χ3v) is 2.03. The van der Waals surface area contributed by atoms with Crippen molar-refractivity contribution >= 4 is 34.8 Å². The Hall–Kier alpha value is 0.01000. The van der Waals surface area contributed by atoms with Crippen molar-refractivity contribution in [2.24, 2.45) is 0 Å². The topological polar surface area (TPSA) is 40.5 Å². The van der Waals surface area contributed by atoms with Gasteiger partial charge in [-0.05, 0) is 18.2 Å². The quantitative estimate of drug-likeness (QED) is 0.571. The lowest BCUT2D eigenvalue weighted by Crippen LogP contribution is -2.16. The van der Waals surface area contributed by atoms with E-state index in [1.807, 2.05) is 0 Å². The van der Waals surface area contributed by atoms with E-state index >= 15 is 0 Å². The van der Waals surface area contributed by atoms with Gasteiger partial charge < -0.3 is 10.2 Å². The van der Waals surface area contributed by atoms with Gasteiger partial charge in [-0.2, -0.15) is 0 Å². The van der Waals surface area contributed by atoms with Gasteiger partial charge >= 0.3 is 0 Å². The molecule has 2 nitrogen and oxygen atoms in total. The standard InChI is InChI=1S/C7H5Cl3O2/c8-4-1-2-5(6(9)3-4)7(10,11)12/h1-3,11-12H. The van der Waals surface area contributed by atoms with Crippen LogP contribution in [0.1, 0.15) is 5.56 Å². The van der Waals surface area contributed by atoms with E-state index in [1.54, 1.807) is 0 Å². The molecule has 66 valence electrons. The van der Waals surface area contributed by atoms with Crippen molar-refractivity contribution in [2.45, 2.75) is 5.25 Å². The Kier molecular flexibility index (Phi) is 2.86. The maximum Gasteiger partial charge on any atom is 0.272 e. The number of halogens is 3. The van der Waals surface area contributed by atoms with Crippen LogP contribution in [0.5, 0.6) is 0 Å². The monoisotopic (exact) mass is 226 g/mol. The molecule has 0 aromatic heterocycles. The fourth-order valence-electron chi connectivity index (χ4n) is 0.747. The van der Waals surface area contributed by atoms with E-state index < -0.39 is 5.25 Å². The summed E-state index contributed by atoms with van der Waals surface area (Å²) in [6.45, 7) is 0. The Morgan fingerprint density at radius 3 is 2.17 bits per heavy atom. The predicted molar refractivity (Wildman–Crippen MR) is 48.4 cm³/mol. The number of benzene rings is 1. The highest BCUT2D eigenvalue weighted by Crippen LogP contribution is 2.30. The maximum absolute atomic E-state index is 8.95. The zero-order chi connectivity index (χ0) is 9.35. The van der Waals surface area contributed by atoms with E-state index in [0.717, 1.165) is 0 Å². The summed E-state index contributed by atoms with van der Waals surface area (Å²) < 4.78 is 0. The number of aliphatic hydroxyl groups is 2. The summed E-state index contributed by atoms with van der Waals surface area (Å²) in [6, 6.07) is 4.19. The van der Waals surface area contributed by atoms with E-state index in [4.69, 9.17) is 45.0 Å². The second kappa shape index (κ2) is 3.40. The van der Waals surface area contributed by atoms with E-state index in [1.165, 1.54) is 18.2 Å². The summed E-state index contributed by atoms with van der Waals surface area (Å²) in [5, 5.41) is 16.0. The van der Waals surface area contributed by atoms with Gasteiger partial charge in [0.15, 0.2) is 0 Å². The van der Waals surface area contributed by atoms with Crippen LogP contribution >= 0.6 is 34.8 Å². The van der Waals surface area contributed by atoms with Gasteiger partial charge in [-0.15, -0.1) is 0 Å². The van der Waals surface area contributed by atoms with E-state index in [9.17, 15) is 0 Å². The average Bonchev–Trinajstić information content (AvgIpc) is 1.83. The van der Waals surface area contributed by atoms with Crippen molar-refractivity contribution < 1.29 is 10.2 Å². The highest BCUT2D eigenvalue weighted by molar-refractivity contribution is 6.36. The molecule has 12 heavy (non-hydrogen) atoms. The van der Waals surface area contributed by atoms with Crippen molar-refractivity contribution in [1.82, 2.24) is 0 Å². The smallest absolute Gasteiger partial charge is 0.272 e. The van der Waals surface area contributed by atoms with Gasteiger partial charge in [0.05, 0.1) is 5.02 Å². The molecule has 0 atom stereocenters. The number of hydrogen-bond donors (Lipinski definition) is 2. The Labute approximate surface area is 84.3 Å². The summed E-state index contributed by atoms with van der Waals surface area (Å²) >= 11 is 16.4. The summed E-state index contributed by atoms with van der Waals surface area (Å²) in [5.41, 5.74) is 0.00948. The highest BCUT2D eigenvalue weighted by Gasteiger charge is 2.24. The number of hydrogen-bond acceptors (Lipinski definition) is 2. The Bertz CT molecular complexity index is 293. The normalized spacial score (nSPS) is 11.8. The molecule has 5 heteroatoms. The van der Waals surface area contributed by atoms with Gasteiger partial charge in [-0.3, -0.25) is 0 Å². The molecular weight excluding hydrogens is 222 g/mol. The fraction of sp³-hybridized carbons (Fsp3) is 0.143. The average molecular weight is 227 g/mol. The second-order valence-corrected chi connectivity index (χ2v) is 3.58. The van der Waals surface area contributed by atoms with Gasteiger partial charge in [0.25, 0.3) is 5.25 Å². The maximum atomic E-state index is 8.95. The molecule has 0 bridgehead atoms. The zero-order valence-corrected chi connectivity index (χ0v) is 8.03. The zero-order valence-electron chi connectivity index (χ0n) is 5.76. The van der Waals surface area contributed by atoms with Gasteiger partial charge in [-0.25, -0.2) is 0 Å². The van der Waals surface area contributed by atoms with E-state index in [-0.39, 0.29) is 10.6 Å². The van der Waals surface area contributed by atoms with Crippen LogP contribution in [0.3, 0.4) is 0 Å². The summed E-state index contributed by atoms with van der Waals surface area (Å²) in [5.74, 6) is 0. The molecule has 0 fully saturated rings. The minimum absolute atomic E-state index is 0.00948. The van der Waals surface area contributed by atoms with Crippen molar-refractivity contribution in [1.29, 1.82) is 0 Å². The van der Waals surface area contributed by atoms with Crippen molar-refractivity contribution in [3.05, 3.63) is 33.8 Å². The van der Waals surface area contributed by atoms with Gasteiger partial charge in [0.2, 0.25) is 0 Å². The minimum atomic E-state index is -2.44. The third-order valence-electron chi connectivity index (χ3n) is 1.27. The minimum Gasteiger partial charge on any atom is -0.350 e. The predicted octanol–water partition coefficient (Wildman–Crippen LogP) is 2.33. The molecule has 0 aliphatic rings. The van der Waals surface area contributed by atoms with E-state index in [2.05, 4.69) is 0 Å². The Balaban J connectivity index is 3.19. The van der Waals surface area contributed by atoms with Crippen molar-refractivity contribution in [3.63, 3.8) is 0 Å². The van der Waals surface area contributed by atoms with Crippen LogP contribution in [0.2, 0.25) is 10.0 Å². The van der Waals surface area contributed by atoms with Gasteiger partial charge in [0.1, 0.15) is 0 Å². The molecule has 1 aromatic rings. The van der Waals surface area contributed by atoms with Gasteiger partial charge in [0, 0.05) is 10.6 Å². The molecule has 0 spiro atoms. The first-order valence-corrected chi connectivity index (χ1v) is 4.14. The first kappa shape index (κ1) is 10.1. The summed E-state index contributed by atoms with van der Waals surface area (Å²) in [6.07, 6.45) is 0. The summed E-state index contributed by atoms with van der Waals surface area (Å²) in [4.78, 5) is 0. The van der Waals surface area contributed by atoms with Crippen LogP contribution in [0.25, 0.3) is 0 Å². The largest absolute Gasteiger partial charge is 0.350 e. The van der Waals surface area contributed by atoms with Crippen LogP contribution in [0, 0.1) is 0 Å². The third kappa shape index (κ3) is 2.25. The van der Waals surface area contributed by atoms with Crippen LogP contribution in [-0.2, 0) is 5.25 Å². The Morgan fingerprint density at radius 1 is 1.17 bits per heavy atom. The molecule has 0 unspecified atom stereocenters. The van der Waals surface area contributed by atoms with Crippen LogP contribution in [0.15, 0.2) is 18.2 Å². The molecule has 1 aromatic carbocycles. The molecule has 0 aliphatic heterocycles. The highest BCUT2D eigenvalue weighted by atomic mass is 35.5.